The van der Waals surface area contributed by atoms with E-state index in [-0.39, 0.29) is 11.9 Å². The molecule has 2 aromatic rings. The van der Waals surface area contributed by atoms with E-state index in [2.05, 4.69) is 15.3 Å². The molecule has 7 heteroatoms. The quantitative estimate of drug-likeness (QED) is 0.906. The van der Waals surface area contributed by atoms with E-state index in [1.165, 1.54) is 22.7 Å². The maximum absolute atomic E-state index is 11.9. The maximum Gasteiger partial charge on any atom is 0.276 e. The molecule has 0 aliphatic rings. The van der Waals surface area contributed by atoms with Crippen LogP contribution < -0.4 is 11.1 Å². The Balaban J connectivity index is 2.11. The van der Waals surface area contributed by atoms with Crippen LogP contribution in [0.2, 0.25) is 0 Å². The van der Waals surface area contributed by atoms with Gasteiger partial charge in [0.25, 0.3) is 5.91 Å². The molecular formula is C11H14N4OS2. The summed E-state index contributed by atoms with van der Waals surface area (Å²) in [5.74, 6) is -0.244. The average Bonchev–Trinajstić information content (AvgIpc) is 2.87. The van der Waals surface area contributed by atoms with Crippen LogP contribution in [0, 0.1) is 13.8 Å². The fourth-order valence-electron chi connectivity index (χ4n) is 1.29. The van der Waals surface area contributed by atoms with Gasteiger partial charge in [0.1, 0.15) is 10.7 Å². The third kappa shape index (κ3) is 2.74. The largest absolute Gasteiger partial charge is 0.322 e. The van der Waals surface area contributed by atoms with Crippen molar-refractivity contribution in [1.29, 1.82) is 0 Å². The van der Waals surface area contributed by atoms with Crippen molar-refractivity contribution >= 4 is 33.7 Å². The van der Waals surface area contributed by atoms with Gasteiger partial charge in [0.15, 0.2) is 5.13 Å². The molecular weight excluding hydrogens is 268 g/mol. The van der Waals surface area contributed by atoms with Crippen molar-refractivity contribution in [2.24, 2.45) is 5.73 Å². The van der Waals surface area contributed by atoms with Crippen molar-refractivity contribution in [3.05, 3.63) is 26.7 Å². The highest BCUT2D eigenvalue weighted by atomic mass is 32.1. The van der Waals surface area contributed by atoms with Gasteiger partial charge in [0.2, 0.25) is 0 Å². The van der Waals surface area contributed by atoms with Gasteiger partial charge in [-0.15, -0.1) is 22.7 Å². The fourth-order valence-corrected chi connectivity index (χ4v) is 2.86. The second kappa shape index (κ2) is 5.13. The minimum Gasteiger partial charge on any atom is -0.322 e. The topological polar surface area (TPSA) is 80.9 Å². The third-order valence-electron chi connectivity index (χ3n) is 2.39. The summed E-state index contributed by atoms with van der Waals surface area (Å²) in [6, 6.07) is -0.152. The minimum absolute atomic E-state index is 0.152. The number of thiazole rings is 2. The molecule has 2 rings (SSSR count). The number of carbonyl (C=O) groups is 1. The monoisotopic (exact) mass is 282 g/mol. The van der Waals surface area contributed by atoms with Crippen LogP contribution in [0.1, 0.15) is 39.0 Å². The molecule has 0 aliphatic carbocycles. The Morgan fingerprint density at radius 1 is 1.44 bits per heavy atom. The number of nitrogens with two attached hydrogens (primary N) is 1. The van der Waals surface area contributed by atoms with Crippen molar-refractivity contribution in [2.45, 2.75) is 26.8 Å². The van der Waals surface area contributed by atoms with Crippen LogP contribution in [-0.4, -0.2) is 15.9 Å². The number of rotatable bonds is 3. The summed E-state index contributed by atoms with van der Waals surface area (Å²) in [6.07, 6.45) is 0. The zero-order valence-corrected chi connectivity index (χ0v) is 12.0. The first-order valence-electron chi connectivity index (χ1n) is 5.43. The van der Waals surface area contributed by atoms with Crippen LogP contribution in [-0.2, 0) is 0 Å². The Morgan fingerprint density at radius 3 is 2.67 bits per heavy atom. The Kier molecular flexibility index (Phi) is 3.74. The molecule has 96 valence electrons. The van der Waals surface area contributed by atoms with E-state index in [4.69, 9.17) is 5.73 Å². The summed E-state index contributed by atoms with van der Waals surface area (Å²) in [5.41, 5.74) is 7.03. The van der Waals surface area contributed by atoms with Gasteiger partial charge < -0.3 is 5.73 Å². The molecule has 0 saturated heterocycles. The van der Waals surface area contributed by atoms with Gasteiger partial charge in [-0.3, -0.25) is 10.1 Å². The lowest BCUT2D eigenvalue weighted by atomic mass is 10.4. The van der Waals surface area contributed by atoms with Gasteiger partial charge in [0.05, 0.1) is 11.7 Å². The zero-order chi connectivity index (χ0) is 13.3. The number of aromatic nitrogens is 2. The number of hydrogen-bond donors (Lipinski definition) is 2. The van der Waals surface area contributed by atoms with Crippen molar-refractivity contribution in [3.8, 4) is 0 Å². The van der Waals surface area contributed by atoms with Gasteiger partial charge in [0, 0.05) is 10.3 Å². The van der Waals surface area contributed by atoms with Crippen LogP contribution in [0.4, 0.5) is 5.13 Å². The molecule has 2 heterocycles. The molecule has 2 aromatic heterocycles. The fraction of sp³-hybridized carbons (Fsp3) is 0.364. The molecule has 0 bridgehead atoms. The normalized spacial score (nSPS) is 12.4. The van der Waals surface area contributed by atoms with Crippen molar-refractivity contribution in [2.75, 3.05) is 5.32 Å². The van der Waals surface area contributed by atoms with E-state index >= 15 is 0 Å². The van der Waals surface area contributed by atoms with E-state index in [1.54, 1.807) is 5.38 Å². The summed E-state index contributed by atoms with van der Waals surface area (Å²) in [6.45, 7) is 5.73. The summed E-state index contributed by atoms with van der Waals surface area (Å²) in [4.78, 5) is 21.5. The average molecular weight is 282 g/mol. The third-order valence-corrected chi connectivity index (χ3v) is 4.43. The maximum atomic E-state index is 11.9. The summed E-state index contributed by atoms with van der Waals surface area (Å²) in [5, 5.41) is 5.81. The second-order valence-electron chi connectivity index (χ2n) is 3.97. The van der Waals surface area contributed by atoms with Crippen molar-refractivity contribution in [1.82, 2.24) is 9.97 Å². The Bertz CT molecular complexity index is 554. The molecule has 1 amide bonds. The van der Waals surface area contributed by atoms with Gasteiger partial charge in [-0.05, 0) is 20.8 Å². The van der Waals surface area contributed by atoms with Gasteiger partial charge in [-0.25, -0.2) is 9.97 Å². The number of aryl methyl sites for hydroxylation is 2. The van der Waals surface area contributed by atoms with E-state index in [0.717, 1.165) is 15.6 Å². The summed E-state index contributed by atoms with van der Waals surface area (Å²) < 4.78 is 0. The van der Waals surface area contributed by atoms with E-state index < -0.39 is 0 Å². The van der Waals surface area contributed by atoms with Crippen LogP contribution in [0.15, 0.2) is 5.38 Å². The lowest BCUT2D eigenvalue weighted by molar-refractivity contribution is 0.102. The van der Waals surface area contributed by atoms with E-state index in [1.807, 2.05) is 20.8 Å². The smallest absolute Gasteiger partial charge is 0.276 e. The van der Waals surface area contributed by atoms with Crippen molar-refractivity contribution < 1.29 is 4.79 Å². The number of carbonyl (C=O) groups excluding carboxylic acids is 1. The van der Waals surface area contributed by atoms with Crippen LogP contribution in [0.3, 0.4) is 0 Å². The van der Waals surface area contributed by atoms with E-state index in [0.29, 0.717) is 10.8 Å². The standard InChI is InChI=1S/C11H14N4OS2/c1-5(12)10-14-8(4-17-10)9(16)15-11-13-6(2)7(3)18-11/h4-5H,12H2,1-3H3,(H,13,15,16). The van der Waals surface area contributed by atoms with Crippen LogP contribution in [0.25, 0.3) is 0 Å². The first kappa shape index (κ1) is 13.1. The highest BCUT2D eigenvalue weighted by Gasteiger charge is 2.14. The number of amides is 1. The summed E-state index contributed by atoms with van der Waals surface area (Å²) >= 11 is 2.85. The van der Waals surface area contributed by atoms with Gasteiger partial charge in [-0.2, -0.15) is 0 Å². The highest BCUT2D eigenvalue weighted by Crippen LogP contribution is 2.22. The molecule has 3 N–H and O–H groups in total. The Morgan fingerprint density at radius 2 is 2.17 bits per heavy atom. The molecule has 0 radical (unpaired) electrons. The van der Waals surface area contributed by atoms with Gasteiger partial charge >= 0.3 is 0 Å². The Labute approximate surface area is 113 Å². The molecule has 1 unspecified atom stereocenters. The SMILES string of the molecule is Cc1nc(NC(=O)c2csc(C(C)N)n2)sc1C. The van der Waals surface area contributed by atoms with E-state index in [9.17, 15) is 4.79 Å². The number of nitrogens with one attached hydrogen (secondary N) is 1. The lowest BCUT2D eigenvalue weighted by Gasteiger charge is -1.98. The predicted octanol–water partition coefficient (Wildman–Crippen LogP) is 2.49. The molecule has 0 saturated carbocycles. The molecule has 5 nitrogen and oxygen atoms in total. The first-order chi connectivity index (χ1) is 8.47. The van der Waals surface area contributed by atoms with Crippen LogP contribution >= 0.6 is 22.7 Å². The van der Waals surface area contributed by atoms with Gasteiger partial charge in [-0.1, -0.05) is 0 Å². The molecule has 0 aliphatic heterocycles. The number of nitrogens with zero attached hydrogens (tertiary/aromatic N) is 2. The zero-order valence-electron chi connectivity index (χ0n) is 10.4. The molecule has 0 aromatic carbocycles. The summed E-state index contributed by atoms with van der Waals surface area (Å²) in [7, 11) is 0. The molecule has 0 spiro atoms. The molecule has 1 atom stereocenters. The van der Waals surface area contributed by atoms with Crippen LogP contribution in [0.5, 0.6) is 0 Å². The lowest BCUT2D eigenvalue weighted by Crippen LogP contribution is -2.13. The number of anilines is 1. The first-order valence-corrected chi connectivity index (χ1v) is 7.13. The molecule has 0 fully saturated rings. The predicted molar refractivity (Wildman–Crippen MR) is 74.3 cm³/mol. The minimum atomic E-state index is -0.244. The Hall–Kier alpha value is -1.31. The highest BCUT2D eigenvalue weighted by molar-refractivity contribution is 7.15. The molecule has 18 heavy (non-hydrogen) atoms. The second-order valence-corrected chi connectivity index (χ2v) is 6.07. The number of hydrogen-bond acceptors (Lipinski definition) is 6. The van der Waals surface area contributed by atoms with Crippen molar-refractivity contribution in [3.63, 3.8) is 0 Å².